The van der Waals surface area contributed by atoms with E-state index in [-0.39, 0.29) is 23.9 Å². The van der Waals surface area contributed by atoms with Gasteiger partial charge in [0.2, 0.25) is 5.91 Å². The number of likely N-dealkylation sites (tertiary alicyclic amines) is 2. The lowest BCUT2D eigenvalue weighted by Gasteiger charge is -2.24. The van der Waals surface area contributed by atoms with Gasteiger partial charge in [-0.2, -0.15) is 0 Å². The topological polar surface area (TPSA) is 53.5 Å². The number of nitrogens with zero attached hydrogens (tertiary/aromatic N) is 3. The van der Waals surface area contributed by atoms with Crippen molar-refractivity contribution in [3.8, 4) is 0 Å². The van der Waals surface area contributed by atoms with Gasteiger partial charge in [0.1, 0.15) is 5.69 Å². The van der Waals surface area contributed by atoms with Crippen LogP contribution in [0.4, 0.5) is 0 Å². The predicted molar refractivity (Wildman–Crippen MR) is 78.7 cm³/mol. The molecule has 2 amide bonds. The minimum atomic E-state index is -0.0700. The summed E-state index contributed by atoms with van der Waals surface area (Å²) in [6, 6.07) is 5.55. The maximum atomic E-state index is 12.6. The molecule has 0 spiro atoms. The lowest BCUT2D eigenvalue weighted by atomic mass is 10.1. The molecule has 21 heavy (non-hydrogen) atoms. The highest BCUT2D eigenvalue weighted by molar-refractivity contribution is 5.94. The Labute approximate surface area is 124 Å². The van der Waals surface area contributed by atoms with E-state index in [0.29, 0.717) is 25.2 Å². The van der Waals surface area contributed by atoms with Crippen molar-refractivity contribution in [2.45, 2.75) is 31.8 Å². The third-order valence-corrected chi connectivity index (χ3v) is 4.31. The summed E-state index contributed by atoms with van der Waals surface area (Å²) >= 11 is 0. The molecule has 0 aromatic carbocycles. The molecule has 2 fully saturated rings. The lowest BCUT2D eigenvalue weighted by Crippen LogP contribution is -2.40. The number of carbonyl (C=O) groups excluding carboxylic acids is 2. The van der Waals surface area contributed by atoms with E-state index < -0.39 is 0 Å². The number of hydrogen-bond donors (Lipinski definition) is 0. The van der Waals surface area contributed by atoms with Crippen LogP contribution in [-0.4, -0.2) is 51.8 Å². The number of fused-ring (bicyclic) bond motifs is 1. The average Bonchev–Trinajstić information content (AvgIpc) is 2.99. The molecule has 2 aliphatic heterocycles. The van der Waals surface area contributed by atoms with Crippen LogP contribution in [0.3, 0.4) is 0 Å². The molecule has 3 rings (SSSR count). The van der Waals surface area contributed by atoms with Gasteiger partial charge < -0.3 is 9.80 Å². The van der Waals surface area contributed by atoms with Crippen LogP contribution in [0, 0.1) is 6.92 Å². The summed E-state index contributed by atoms with van der Waals surface area (Å²) in [5.74, 6) is 0.0408. The molecule has 5 nitrogen and oxygen atoms in total. The Morgan fingerprint density at radius 3 is 3.00 bits per heavy atom. The second kappa shape index (κ2) is 5.31. The van der Waals surface area contributed by atoms with Gasteiger partial charge in [-0.15, -0.1) is 6.58 Å². The molecule has 1 aromatic rings. The fraction of sp³-hybridized carbons (Fsp3) is 0.438. The van der Waals surface area contributed by atoms with E-state index in [0.717, 1.165) is 12.1 Å². The van der Waals surface area contributed by atoms with Crippen LogP contribution in [0.5, 0.6) is 0 Å². The molecule has 2 aliphatic rings. The van der Waals surface area contributed by atoms with Crippen LogP contribution < -0.4 is 0 Å². The van der Waals surface area contributed by atoms with Gasteiger partial charge in [0.05, 0.1) is 12.1 Å². The maximum absolute atomic E-state index is 12.6. The van der Waals surface area contributed by atoms with E-state index in [1.54, 1.807) is 12.1 Å². The van der Waals surface area contributed by atoms with Gasteiger partial charge in [0, 0.05) is 25.2 Å². The number of aromatic nitrogens is 1. The number of aryl methyl sites for hydroxylation is 1. The Morgan fingerprint density at radius 2 is 2.29 bits per heavy atom. The van der Waals surface area contributed by atoms with Crippen molar-refractivity contribution < 1.29 is 9.59 Å². The third kappa shape index (κ3) is 2.33. The maximum Gasteiger partial charge on any atom is 0.272 e. The van der Waals surface area contributed by atoms with Crippen molar-refractivity contribution in [2.24, 2.45) is 0 Å². The van der Waals surface area contributed by atoms with E-state index in [1.807, 2.05) is 28.9 Å². The molecule has 0 radical (unpaired) electrons. The molecule has 0 unspecified atom stereocenters. The van der Waals surface area contributed by atoms with E-state index in [1.165, 1.54) is 0 Å². The monoisotopic (exact) mass is 285 g/mol. The van der Waals surface area contributed by atoms with Crippen molar-refractivity contribution in [3.05, 3.63) is 42.2 Å². The molecule has 0 aliphatic carbocycles. The number of amides is 2. The summed E-state index contributed by atoms with van der Waals surface area (Å²) < 4.78 is 0. The van der Waals surface area contributed by atoms with Crippen LogP contribution in [0.1, 0.15) is 29.0 Å². The zero-order valence-electron chi connectivity index (χ0n) is 12.2. The third-order valence-electron chi connectivity index (χ3n) is 4.31. The van der Waals surface area contributed by atoms with Gasteiger partial charge in [0.25, 0.3) is 5.91 Å². The quantitative estimate of drug-likeness (QED) is 0.789. The summed E-state index contributed by atoms with van der Waals surface area (Å²) in [6.07, 6.45) is 2.99. The highest BCUT2D eigenvalue weighted by Gasteiger charge is 2.48. The zero-order valence-corrected chi connectivity index (χ0v) is 12.2. The first-order valence-corrected chi connectivity index (χ1v) is 7.27. The molecule has 1 aromatic heterocycles. The molecule has 0 bridgehead atoms. The van der Waals surface area contributed by atoms with Crippen LogP contribution >= 0.6 is 0 Å². The average molecular weight is 285 g/mol. The van der Waals surface area contributed by atoms with Gasteiger partial charge in [-0.25, -0.2) is 4.98 Å². The molecule has 2 atom stereocenters. The SMILES string of the molecule is C=CCN1C(=O)C[C@H]2[C@H]1CCN2C(=O)c1cccc(C)n1. The smallest absolute Gasteiger partial charge is 0.272 e. The van der Waals surface area contributed by atoms with E-state index in [2.05, 4.69) is 11.6 Å². The van der Waals surface area contributed by atoms with Crippen molar-refractivity contribution >= 4 is 11.8 Å². The van der Waals surface area contributed by atoms with Gasteiger partial charge in [0.15, 0.2) is 0 Å². The van der Waals surface area contributed by atoms with Crippen LogP contribution in [0.25, 0.3) is 0 Å². The normalized spacial score (nSPS) is 24.3. The van der Waals surface area contributed by atoms with E-state index in [4.69, 9.17) is 0 Å². The fourth-order valence-electron chi connectivity index (χ4n) is 3.37. The molecule has 0 saturated carbocycles. The van der Waals surface area contributed by atoms with Crippen LogP contribution in [0.15, 0.2) is 30.9 Å². The Kier molecular flexibility index (Phi) is 3.49. The summed E-state index contributed by atoms with van der Waals surface area (Å²) in [5, 5.41) is 0. The second-order valence-electron chi connectivity index (χ2n) is 5.63. The van der Waals surface area contributed by atoms with Crippen molar-refractivity contribution in [1.29, 1.82) is 0 Å². The van der Waals surface area contributed by atoms with Crippen molar-refractivity contribution in [1.82, 2.24) is 14.8 Å². The first-order valence-electron chi connectivity index (χ1n) is 7.27. The van der Waals surface area contributed by atoms with Gasteiger partial charge in [-0.1, -0.05) is 12.1 Å². The highest BCUT2D eigenvalue weighted by Crippen LogP contribution is 2.33. The number of pyridine rings is 1. The standard InChI is InChI=1S/C16H19N3O2/c1-3-8-18-13-7-9-19(14(13)10-15(18)20)16(21)12-6-4-5-11(2)17-12/h3-6,13-14H,1,7-10H2,2H3/t13-,14+/m1/s1. The van der Waals surface area contributed by atoms with Crippen LogP contribution in [0.2, 0.25) is 0 Å². The lowest BCUT2D eigenvalue weighted by molar-refractivity contribution is -0.128. The molecule has 110 valence electrons. The summed E-state index contributed by atoms with van der Waals surface area (Å²) in [4.78, 5) is 32.6. The fourth-order valence-corrected chi connectivity index (χ4v) is 3.37. The van der Waals surface area contributed by atoms with Gasteiger partial charge in [-0.05, 0) is 25.5 Å². The van der Waals surface area contributed by atoms with E-state index in [9.17, 15) is 9.59 Å². The molecular formula is C16H19N3O2. The first kappa shape index (κ1) is 13.8. The second-order valence-corrected chi connectivity index (χ2v) is 5.63. The Bertz CT molecular complexity index is 599. The van der Waals surface area contributed by atoms with Crippen molar-refractivity contribution in [2.75, 3.05) is 13.1 Å². The summed E-state index contributed by atoms with van der Waals surface area (Å²) in [5.41, 5.74) is 1.29. The molecule has 0 N–H and O–H groups in total. The molecule has 2 saturated heterocycles. The summed E-state index contributed by atoms with van der Waals surface area (Å²) in [6.45, 7) is 6.81. The highest BCUT2D eigenvalue weighted by atomic mass is 16.2. The number of carbonyl (C=O) groups is 2. The Morgan fingerprint density at radius 1 is 1.48 bits per heavy atom. The van der Waals surface area contributed by atoms with Gasteiger partial charge >= 0.3 is 0 Å². The Balaban J connectivity index is 1.81. The minimum Gasteiger partial charge on any atom is -0.334 e. The first-order chi connectivity index (χ1) is 10.1. The largest absolute Gasteiger partial charge is 0.334 e. The van der Waals surface area contributed by atoms with E-state index >= 15 is 0 Å². The van der Waals surface area contributed by atoms with Gasteiger partial charge in [-0.3, -0.25) is 9.59 Å². The summed E-state index contributed by atoms with van der Waals surface area (Å²) in [7, 11) is 0. The number of hydrogen-bond acceptors (Lipinski definition) is 3. The number of rotatable bonds is 3. The zero-order chi connectivity index (χ0) is 15.0. The van der Waals surface area contributed by atoms with Crippen molar-refractivity contribution in [3.63, 3.8) is 0 Å². The minimum absolute atomic E-state index is 0.0211. The molecule has 3 heterocycles. The molecule has 5 heteroatoms. The molecular weight excluding hydrogens is 266 g/mol. The Hall–Kier alpha value is -2.17. The van der Waals surface area contributed by atoms with Crippen LogP contribution in [-0.2, 0) is 4.79 Å². The predicted octanol–water partition coefficient (Wildman–Crippen LogP) is 1.39.